The Labute approximate surface area is 191 Å². The summed E-state index contributed by atoms with van der Waals surface area (Å²) in [4.78, 5) is 32.7. The number of carbonyl (C=O) groups is 2. The molecule has 0 aliphatic heterocycles. The first-order chi connectivity index (χ1) is 15.6. The number of fused-ring (bicyclic) bond motifs is 1. The number of carbonyl (C=O) groups excluding carboxylic acids is 2. The third-order valence-electron chi connectivity index (χ3n) is 4.29. The lowest BCUT2D eigenvalue weighted by molar-refractivity contribution is 0.0734. The molecular weight excluding hydrogens is 452 g/mol. The quantitative estimate of drug-likeness (QED) is 0.196. The summed E-state index contributed by atoms with van der Waals surface area (Å²) in [7, 11) is 1.45. The Bertz CT molecular complexity index is 1320. The fourth-order valence-electron chi connectivity index (χ4n) is 2.78. The van der Waals surface area contributed by atoms with Gasteiger partial charge < -0.3 is 9.47 Å². The molecule has 8 nitrogen and oxygen atoms in total. The number of ether oxygens (including phenoxy) is 2. The number of aromatic nitrogens is 2. The van der Waals surface area contributed by atoms with Crippen molar-refractivity contribution in [2.24, 2.45) is 5.10 Å². The normalized spacial score (nSPS) is 10.9. The van der Waals surface area contributed by atoms with E-state index in [0.29, 0.717) is 21.2 Å². The van der Waals surface area contributed by atoms with Crippen LogP contribution in [0.4, 0.5) is 0 Å². The van der Waals surface area contributed by atoms with E-state index in [1.165, 1.54) is 43.3 Å². The first-order valence-electron chi connectivity index (χ1n) is 9.23. The lowest BCUT2D eigenvalue weighted by Gasteiger charge is -2.09. The van der Waals surface area contributed by atoms with E-state index in [4.69, 9.17) is 21.1 Å². The van der Waals surface area contributed by atoms with Gasteiger partial charge in [-0.15, -0.1) is 11.3 Å². The second-order valence-electron chi connectivity index (χ2n) is 6.33. The standard InChI is InChI=1S/C22H15ClN4O4S/c1-30-17-10-13(11-26-27-21(28)15-12-24-8-9-25-15)6-7-16(17)31-22(29)20-19(23)14-4-2-3-5-18(14)32-20/h2-12H,1H3,(H,27,28)/b26-11-. The van der Waals surface area contributed by atoms with Crippen LogP contribution in [0, 0.1) is 0 Å². The van der Waals surface area contributed by atoms with Gasteiger partial charge in [0.25, 0.3) is 5.91 Å². The van der Waals surface area contributed by atoms with Gasteiger partial charge in [0, 0.05) is 22.5 Å². The van der Waals surface area contributed by atoms with Crippen LogP contribution in [0.1, 0.15) is 25.7 Å². The van der Waals surface area contributed by atoms with E-state index >= 15 is 0 Å². The van der Waals surface area contributed by atoms with Crippen molar-refractivity contribution in [1.82, 2.24) is 15.4 Å². The molecule has 10 heteroatoms. The molecule has 2 heterocycles. The third kappa shape index (κ3) is 4.58. The number of rotatable bonds is 6. The number of nitrogens with zero attached hydrogens (tertiary/aromatic N) is 3. The summed E-state index contributed by atoms with van der Waals surface area (Å²) >= 11 is 7.62. The molecule has 0 atom stereocenters. The number of esters is 1. The largest absolute Gasteiger partial charge is 0.493 e. The van der Waals surface area contributed by atoms with Crippen LogP contribution in [0.15, 0.2) is 66.2 Å². The average molecular weight is 467 g/mol. The molecule has 160 valence electrons. The van der Waals surface area contributed by atoms with Gasteiger partial charge >= 0.3 is 5.97 Å². The first-order valence-corrected chi connectivity index (χ1v) is 10.4. The van der Waals surface area contributed by atoms with Crippen molar-refractivity contribution in [3.05, 3.63) is 82.2 Å². The van der Waals surface area contributed by atoms with E-state index in [9.17, 15) is 9.59 Å². The predicted octanol–water partition coefficient (Wildman–Crippen LogP) is 4.34. The number of hydrogen-bond donors (Lipinski definition) is 1. The van der Waals surface area contributed by atoms with Crippen LogP contribution >= 0.6 is 22.9 Å². The van der Waals surface area contributed by atoms with E-state index in [2.05, 4.69) is 20.5 Å². The zero-order valence-electron chi connectivity index (χ0n) is 16.6. The third-order valence-corrected chi connectivity index (χ3v) is 5.94. The highest BCUT2D eigenvalue weighted by Crippen LogP contribution is 2.36. The molecule has 2 aromatic heterocycles. The molecule has 0 saturated carbocycles. The Morgan fingerprint density at radius 3 is 2.75 bits per heavy atom. The average Bonchev–Trinajstić information content (AvgIpc) is 3.17. The molecule has 4 aromatic rings. The zero-order valence-corrected chi connectivity index (χ0v) is 18.2. The van der Waals surface area contributed by atoms with Gasteiger partial charge in [-0.25, -0.2) is 15.2 Å². The second-order valence-corrected chi connectivity index (χ2v) is 7.76. The molecule has 4 rings (SSSR count). The minimum absolute atomic E-state index is 0.143. The summed E-state index contributed by atoms with van der Waals surface area (Å²) in [6, 6.07) is 12.3. The molecule has 0 saturated heterocycles. The van der Waals surface area contributed by atoms with Gasteiger partial charge in [0.2, 0.25) is 0 Å². The van der Waals surface area contributed by atoms with Crippen LogP contribution in [0.2, 0.25) is 5.02 Å². The molecule has 2 aromatic carbocycles. The Morgan fingerprint density at radius 1 is 1.16 bits per heavy atom. The van der Waals surface area contributed by atoms with Crippen molar-refractivity contribution in [1.29, 1.82) is 0 Å². The molecule has 0 fully saturated rings. The van der Waals surface area contributed by atoms with Crippen molar-refractivity contribution < 1.29 is 19.1 Å². The topological polar surface area (TPSA) is 103 Å². The fourth-order valence-corrected chi connectivity index (χ4v) is 4.16. The van der Waals surface area contributed by atoms with Crippen molar-refractivity contribution >= 4 is 51.1 Å². The number of benzene rings is 2. The zero-order chi connectivity index (χ0) is 22.5. The van der Waals surface area contributed by atoms with Gasteiger partial charge in [-0.2, -0.15) is 5.10 Å². The van der Waals surface area contributed by atoms with Crippen LogP contribution < -0.4 is 14.9 Å². The maximum Gasteiger partial charge on any atom is 0.355 e. The van der Waals surface area contributed by atoms with E-state index in [0.717, 1.165) is 10.1 Å². The summed E-state index contributed by atoms with van der Waals surface area (Å²) < 4.78 is 11.8. The summed E-state index contributed by atoms with van der Waals surface area (Å²) in [5, 5.41) is 5.05. The highest BCUT2D eigenvalue weighted by molar-refractivity contribution is 7.21. The number of nitrogens with one attached hydrogen (secondary N) is 1. The SMILES string of the molecule is COc1cc(/C=N\NC(=O)c2cnccn2)ccc1OC(=O)c1sc2ccccc2c1Cl. The molecule has 1 amide bonds. The van der Waals surface area contributed by atoms with Crippen LogP contribution in [-0.2, 0) is 0 Å². The van der Waals surface area contributed by atoms with Gasteiger partial charge in [0.15, 0.2) is 11.5 Å². The highest BCUT2D eigenvalue weighted by Gasteiger charge is 2.20. The van der Waals surface area contributed by atoms with Crippen LogP contribution in [0.25, 0.3) is 10.1 Å². The number of halogens is 1. The van der Waals surface area contributed by atoms with E-state index in [-0.39, 0.29) is 11.4 Å². The Morgan fingerprint density at radius 2 is 2.00 bits per heavy atom. The fraction of sp³-hybridized carbons (Fsp3) is 0.0455. The van der Waals surface area contributed by atoms with Crippen molar-refractivity contribution in [2.45, 2.75) is 0 Å². The minimum atomic E-state index is -0.577. The van der Waals surface area contributed by atoms with Gasteiger partial charge in [0.05, 0.1) is 24.5 Å². The minimum Gasteiger partial charge on any atom is -0.493 e. The molecular formula is C22H15ClN4O4S. The van der Waals surface area contributed by atoms with Gasteiger partial charge in [-0.3, -0.25) is 9.78 Å². The maximum absolute atomic E-state index is 12.7. The highest BCUT2D eigenvalue weighted by atomic mass is 35.5. The van der Waals surface area contributed by atoms with Crippen molar-refractivity contribution in [2.75, 3.05) is 7.11 Å². The molecule has 1 N–H and O–H groups in total. The number of hydrogen-bond acceptors (Lipinski definition) is 8. The summed E-state index contributed by atoms with van der Waals surface area (Å²) in [5.41, 5.74) is 3.12. The number of methoxy groups -OCH3 is 1. The smallest absolute Gasteiger partial charge is 0.355 e. The Balaban J connectivity index is 1.47. The first kappa shape index (κ1) is 21.4. The van der Waals surface area contributed by atoms with Crippen molar-refractivity contribution in [3.8, 4) is 11.5 Å². The lowest BCUT2D eigenvalue weighted by atomic mass is 10.2. The number of amides is 1. The molecule has 32 heavy (non-hydrogen) atoms. The van der Waals surface area contributed by atoms with Gasteiger partial charge in [0.1, 0.15) is 10.6 Å². The van der Waals surface area contributed by atoms with Gasteiger partial charge in [-0.1, -0.05) is 29.8 Å². The summed E-state index contributed by atoms with van der Waals surface area (Å²) in [6.07, 6.45) is 5.63. The molecule has 0 aliphatic carbocycles. The second kappa shape index (κ2) is 9.54. The van der Waals surface area contributed by atoms with E-state index < -0.39 is 11.9 Å². The number of thiophene rings is 1. The van der Waals surface area contributed by atoms with Crippen molar-refractivity contribution in [3.63, 3.8) is 0 Å². The number of hydrazone groups is 1. The molecule has 0 aliphatic rings. The summed E-state index contributed by atoms with van der Waals surface area (Å²) in [6.45, 7) is 0. The monoisotopic (exact) mass is 466 g/mol. The molecule has 0 unspecified atom stereocenters. The van der Waals surface area contributed by atoms with E-state index in [1.807, 2.05) is 24.3 Å². The summed E-state index contributed by atoms with van der Waals surface area (Å²) in [5.74, 6) is -0.522. The maximum atomic E-state index is 12.7. The van der Waals surface area contributed by atoms with Crippen LogP contribution in [0.5, 0.6) is 11.5 Å². The Kier molecular flexibility index (Phi) is 6.39. The van der Waals surface area contributed by atoms with Crippen LogP contribution in [-0.4, -0.2) is 35.2 Å². The Hall–Kier alpha value is -3.82. The van der Waals surface area contributed by atoms with E-state index in [1.54, 1.807) is 18.2 Å². The molecule has 0 spiro atoms. The van der Waals surface area contributed by atoms with Gasteiger partial charge in [-0.05, 0) is 29.8 Å². The molecule has 0 bridgehead atoms. The van der Waals surface area contributed by atoms with Crippen LogP contribution in [0.3, 0.4) is 0 Å². The predicted molar refractivity (Wildman–Crippen MR) is 122 cm³/mol. The molecule has 0 radical (unpaired) electrons. The lowest BCUT2D eigenvalue weighted by Crippen LogP contribution is -2.19.